The topological polar surface area (TPSA) is 67.4 Å². The highest BCUT2D eigenvalue weighted by molar-refractivity contribution is 6.06. The van der Waals surface area contributed by atoms with Gasteiger partial charge in [0.15, 0.2) is 0 Å². The fourth-order valence-corrected chi connectivity index (χ4v) is 2.73. The van der Waals surface area contributed by atoms with Gasteiger partial charge in [-0.15, -0.1) is 0 Å². The number of hydrogen-bond donors (Lipinski definition) is 2. The van der Waals surface area contributed by atoms with E-state index >= 15 is 0 Å². The van der Waals surface area contributed by atoms with Gasteiger partial charge in [-0.05, 0) is 61.9 Å². The quantitative estimate of drug-likeness (QED) is 0.619. The third-order valence-electron chi connectivity index (χ3n) is 4.17. The first-order chi connectivity index (χ1) is 14.0. The number of benzene rings is 3. The lowest BCUT2D eigenvalue weighted by atomic mass is 10.1. The van der Waals surface area contributed by atoms with Gasteiger partial charge in [0.1, 0.15) is 12.4 Å². The number of hydrogen-bond acceptors (Lipinski definition) is 3. The van der Waals surface area contributed by atoms with Crippen LogP contribution in [-0.2, 0) is 6.61 Å². The first kappa shape index (κ1) is 20.1. The van der Waals surface area contributed by atoms with Crippen LogP contribution in [0.3, 0.4) is 0 Å². The van der Waals surface area contributed by atoms with Crippen molar-refractivity contribution in [1.29, 1.82) is 0 Å². The molecule has 29 heavy (non-hydrogen) atoms. The van der Waals surface area contributed by atoms with Crippen molar-refractivity contribution >= 4 is 17.5 Å². The zero-order chi connectivity index (χ0) is 20.6. The summed E-state index contributed by atoms with van der Waals surface area (Å²) in [5.74, 6) is 0.246. The molecule has 0 fully saturated rings. The van der Waals surface area contributed by atoms with E-state index in [1.54, 1.807) is 36.4 Å². The van der Waals surface area contributed by atoms with Gasteiger partial charge in [0, 0.05) is 22.9 Å². The summed E-state index contributed by atoms with van der Waals surface area (Å²) in [5, 5.41) is 5.66. The predicted octanol–water partition coefficient (Wildman–Crippen LogP) is 4.66. The summed E-state index contributed by atoms with van der Waals surface area (Å²) in [6.45, 7) is 4.27. The molecule has 0 atom stereocenters. The number of rotatable bonds is 7. The predicted molar refractivity (Wildman–Crippen MR) is 114 cm³/mol. The van der Waals surface area contributed by atoms with Gasteiger partial charge < -0.3 is 15.4 Å². The van der Waals surface area contributed by atoms with Crippen molar-refractivity contribution < 1.29 is 14.3 Å². The third-order valence-corrected chi connectivity index (χ3v) is 4.17. The number of nitrogens with one attached hydrogen (secondary N) is 2. The molecule has 0 unspecified atom stereocenters. The van der Waals surface area contributed by atoms with Crippen LogP contribution in [0.2, 0.25) is 0 Å². The molecule has 0 radical (unpaired) electrons. The largest absolute Gasteiger partial charge is 0.489 e. The highest BCUT2D eigenvalue weighted by Gasteiger charge is 2.11. The Morgan fingerprint density at radius 1 is 0.828 bits per heavy atom. The Morgan fingerprint density at radius 2 is 1.48 bits per heavy atom. The van der Waals surface area contributed by atoms with Gasteiger partial charge in [-0.2, -0.15) is 0 Å². The average Bonchev–Trinajstić information content (AvgIpc) is 2.73. The van der Waals surface area contributed by atoms with Crippen molar-refractivity contribution in [1.82, 2.24) is 5.32 Å². The Balaban J connectivity index is 1.60. The summed E-state index contributed by atoms with van der Waals surface area (Å²) in [4.78, 5) is 24.7. The zero-order valence-electron chi connectivity index (χ0n) is 16.5. The van der Waals surface area contributed by atoms with E-state index in [1.165, 1.54) is 0 Å². The summed E-state index contributed by atoms with van der Waals surface area (Å²) < 4.78 is 5.75. The summed E-state index contributed by atoms with van der Waals surface area (Å²) in [5.41, 5.74) is 2.62. The maximum Gasteiger partial charge on any atom is 0.255 e. The molecule has 148 valence electrons. The molecule has 0 aliphatic heterocycles. The van der Waals surface area contributed by atoms with E-state index in [-0.39, 0.29) is 17.9 Å². The Hall–Kier alpha value is -3.60. The van der Waals surface area contributed by atoms with E-state index in [1.807, 2.05) is 56.3 Å². The van der Waals surface area contributed by atoms with Gasteiger partial charge in [-0.1, -0.05) is 36.4 Å². The molecule has 0 saturated carbocycles. The Labute approximate surface area is 170 Å². The summed E-state index contributed by atoms with van der Waals surface area (Å²) in [6.07, 6.45) is 0. The summed E-state index contributed by atoms with van der Waals surface area (Å²) in [6, 6.07) is 23.8. The van der Waals surface area contributed by atoms with Crippen LogP contribution in [0.15, 0.2) is 78.9 Å². The highest BCUT2D eigenvalue weighted by atomic mass is 16.5. The van der Waals surface area contributed by atoms with Crippen molar-refractivity contribution in [3.63, 3.8) is 0 Å². The molecule has 3 aromatic carbocycles. The van der Waals surface area contributed by atoms with Crippen molar-refractivity contribution in [2.24, 2.45) is 0 Å². The second kappa shape index (κ2) is 9.55. The van der Waals surface area contributed by atoms with E-state index in [2.05, 4.69) is 10.6 Å². The van der Waals surface area contributed by atoms with Gasteiger partial charge in [-0.3, -0.25) is 9.59 Å². The number of ether oxygens (including phenoxy) is 1. The smallest absolute Gasteiger partial charge is 0.255 e. The minimum atomic E-state index is -0.276. The van der Waals surface area contributed by atoms with Crippen LogP contribution in [0.4, 0.5) is 5.69 Å². The Kier molecular flexibility index (Phi) is 6.63. The summed E-state index contributed by atoms with van der Waals surface area (Å²) in [7, 11) is 0. The molecule has 3 rings (SSSR count). The number of anilines is 1. The van der Waals surface area contributed by atoms with Gasteiger partial charge in [-0.25, -0.2) is 0 Å². The molecule has 0 aliphatic carbocycles. The van der Waals surface area contributed by atoms with E-state index in [0.29, 0.717) is 23.4 Å². The fraction of sp³-hybridized carbons (Fsp3) is 0.167. The molecule has 0 spiro atoms. The molecular formula is C24H24N2O3. The van der Waals surface area contributed by atoms with Gasteiger partial charge in [0.05, 0.1) is 0 Å². The second-order valence-corrected chi connectivity index (χ2v) is 6.96. The molecule has 0 aromatic heterocycles. The minimum absolute atomic E-state index is 0.0302. The molecular weight excluding hydrogens is 364 g/mol. The Morgan fingerprint density at radius 3 is 2.14 bits per heavy atom. The lowest BCUT2D eigenvalue weighted by Crippen LogP contribution is -2.30. The van der Waals surface area contributed by atoms with Crippen LogP contribution in [0.5, 0.6) is 5.75 Å². The monoisotopic (exact) mass is 388 g/mol. The van der Waals surface area contributed by atoms with Gasteiger partial charge in [0.25, 0.3) is 11.8 Å². The van der Waals surface area contributed by atoms with Gasteiger partial charge in [0.2, 0.25) is 0 Å². The molecule has 0 heterocycles. The van der Waals surface area contributed by atoms with Crippen LogP contribution in [0.25, 0.3) is 0 Å². The SMILES string of the molecule is CC(C)NC(=O)c1cccc(C(=O)Nc2ccc(OCc3ccccc3)cc2)c1. The first-order valence-corrected chi connectivity index (χ1v) is 9.50. The van der Waals surface area contributed by atoms with Crippen molar-refractivity contribution in [3.05, 3.63) is 95.6 Å². The number of carbonyl (C=O) groups excluding carboxylic acids is 2. The van der Waals surface area contributed by atoms with E-state index in [0.717, 1.165) is 11.3 Å². The average molecular weight is 388 g/mol. The fourth-order valence-electron chi connectivity index (χ4n) is 2.73. The normalized spacial score (nSPS) is 10.4. The van der Waals surface area contributed by atoms with Crippen molar-refractivity contribution in [2.75, 3.05) is 5.32 Å². The van der Waals surface area contributed by atoms with Crippen LogP contribution in [0, 0.1) is 0 Å². The number of carbonyl (C=O) groups is 2. The molecule has 5 heteroatoms. The molecule has 2 N–H and O–H groups in total. The molecule has 3 aromatic rings. The maximum absolute atomic E-state index is 12.5. The zero-order valence-corrected chi connectivity index (χ0v) is 16.5. The van der Waals surface area contributed by atoms with Crippen LogP contribution in [0.1, 0.15) is 40.1 Å². The minimum Gasteiger partial charge on any atom is -0.489 e. The lowest BCUT2D eigenvalue weighted by Gasteiger charge is -2.10. The van der Waals surface area contributed by atoms with Crippen molar-refractivity contribution in [2.45, 2.75) is 26.5 Å². The van der Waals surface area contributed by atoms with Crippen LogP contribution in [-0.4, -0.2) is 17.9 Å². The molecule has 0 bridgehead atoms. The highest BCUT2D eigenvalue weighted by Crippen LogP contribution is 2.18. The van der Waals surface area contributed by atoms with Crippen LogP contribution >= 0.6 is 0 Å². The summed E-state index contributed by atoms with van der Waals surface area (Å²) >= 11 is 0. The first-order valence-electron chi connectivity index (χ1n) is 9.50. The van der Waals surface area contributed by atoms with Crippen LogP contribution < -0.4 is 15.4 Å². The molecule has 0 saturated heterocycles. The maximum atomic E-state index is 12.5. The molecule has 0 aliphatic rings. The molecule has 2 amide bonds. The Bertz CT molecular complexity index is 967. The molecule has 5 nitrogen and oxygen atoms in total. The third kappa shape index (κ3) is 5.94. The van der Waals surface area contributed by atoms with E-state index < -0.39 is 0 Å². The van der Waals surface area contributed by atoms with Crippen molar-refractivity contribution in [3.8, 4) is 5.75 Å². The number of amides is 2. The van der Waals surface area contributed by atoms with Gasteiger partial charge >= 0.3 is 0 Å². The lowest BCUT2D eigenvalue weighted by molar-refractivity contribution is 0.0943. The van der Waals surface area contributed by atoms with E-state index in [9.17, 15) is 9.59 Å². The standard InChI is InChI=1S/C24H24N2O3/c1-17(2)25-23(27)19-9-6-10-20(15-19)24(28)26-21-11-13-22(14-12-21)29-16-18-7-4-3-5-8-18/h3-15,17H,16H2,1-2H3,(H,25,27)(H,26,28). The van der Waals surface area contributed by atoms with E-state index in [4.69, 9.17) is 4.74 Å². The second-order valence-electron chi connectivity index (χ2n) is 6.96.